The van der Waals surface area contributed by atoms with Crippen LogP contribution in [0.25, 0.3) is 0 Å². The summed E-state index contributed by atoms with van der Waals surface area (Å²) < 4.78 is 14.7. The fourth-order valence-electron chi connectivity index (χ4n) is 3.01. The fourth-order valence-corrected chi connectivity index (χ4v) is 3.01. The zero-order valence-electron chi connectivity index (χ0n) is 13.4. The number of nitrogens with one attached hydrogen (secondary N) is 1. The van der Waals surface area contributed by atoms with Gasteiger partial charge < -0.3 is 10.2 Å². The lowest BCUT2D eigenvalue weighted by Crippen LogP contribution is -2.27. The van der Waals surface area contributed by atoms with E-state index in [2.05, 4.69) is 29.0 Å². The van der Waals surface area contributed by atoms with Crippen LogP contribution < -0.4 is 10.2 Å². The van der Waals surface area contributed by atoms with Gasteiger partial charge in [0.1, 0.15) is 0 Å². The number of rotatable bonds is 6. The van der Waals surface area contributed by atoms with Gasteiger partial charge in [-0.25, -0.2) is 9.37 Å². The zero-order chi connectivity index (χ0) is 15.1. The second-order valence-corrected chi connectivity index (χ2v) is 5.98. The monoisotopic (exact) mass is 293 g/mol. The predicted octanol–water partition coefficient (Wildman–Crippen LogP) is 3.74. The van der Waals surface area contributed by atoms with E-state index in [9.17, 15) is 4.39 Å². The van der Waals surface area contributed by atoms with Crippen molar-refractivity contribution in [2.45, 2.75) is 52.5 Å². The normalized spacial score (nSPS) is 19.6. The van der Waals surface area contributed by atoms with Crippen LogP contribution in [0.4, 0.5) is 10.2 Å². The lowest BCUT2D eigenvalue weighted by atomic mass is 9.98. The van der Waals surface area contributed by atoms with E-state index in [1.807, 2.05) is 0 Å². The van der Waals surface area contributed by atoms with Crippen molar-refractivity contribution in [1.29, 1.82) is 0 Å². The highest BCUT2D eigenvalue weighted by atomic mass is 19.1. The van der Waals surface area contributed by atoms with Gasteiger partial charge >= 0.3 is 0 Å². The number of hydrogen-bond donors (Lipinski definition) is 1. The molecule has 1 unspecified atom stereocenters. The number of pyridine rings is 1. The highest BCUT2D eigenvalue weighted by Gasteiger charge is 2.20. The third-order valence-electron chi connectivity index (χ3n) is 4.42. The number of hydrogen-bond acceptors (Lipinski definition) is 3. The minimum Gasteiger partial charge on any atom is -0.354 e. The molecule has 1 N–H and O–H groups in total. The number of anilines is 1. The van der Waals surface area contributed by atoms with E-state index >= 15 is 0 Å². The summed E-state index contributed by atoms with van der Waals surface area (Å²) in [6.07, 6.45) is 7.57. The average molecular weight is 293 g/mol. The second kappa shape index (κ2) is 8.32. The Bertz CT molecular complexity index is 436. The average Bonchev–Trinajstić information content (AvgIpc) is 2.74. The van der Waals surface area contributed by atoms with Crippen LogP contribution in [0.1, 0.15) is 51.5 Å². The van der Waals surface area contributed by atoms with Gasteiger partial charge in [0, 0.05) is 31.4 Å². The molecule has 1 aromatic rings. The zero-order valence-corrected chi connectivity index (χ0v) is 13.4. The summed E-state index contributed by atoms with van der Waals surface area (Å²) in [6, 6.07) is 1.79. The maximum absolute atomic E-state index is 14.7. The molecule has 0 spiro atoms. The van der Waals surface area contributed by atoms with E-state index in [1.165, 1.54) is 12.8 Å². The first kappa shape index (κ1) is 16.2. The summed E-state index contributed by atoms with van der Waals surface area (Å²) in [5.41, 5.74) is 0.727. The Hall–Kier alpha value is -1.16. The SMILES string of the molecule is CCCNCc1ccnc(N2CCCC(CC)CC2)c1F. The molecular weight excluding hydrogens is 265 g/mol. The molecule has 1 aliphatic heterocycles. The van der Waals surface area contributed by atoms with Crippen molar-refractivity contribution >= 4 is 5.82 Å². The lowest BCUT2D eigenvalue weighted by molar-refractivity contribution is 0.459. The van der Waals surface area contributed by atoms with Crippen LogP contribution >= 0.6 is 0 Å². The second-order valence-electron chi connectivity index (χ2n) is 5.98. The van der Waals surface area contributed by atoms with Crippen LogP contribution in [0.15, 0.2) is 12.3 Å². The van der Waals surface area contributed by atoms with E-state index < -0.39 is 0 Å². The Morgan fingerprint density at radius 2 is 2.19 bits per heavy atom. The molecule has 21 heavy (non-hydrogen) atoms. The van der Waals surface area contributed by atoms with E-state index in [1.54, 1.807) is 12.3 Å². The maximum Gasteiger partial charge on any atom is 0.170 e. The third-order valence-corrected chi connectivity index (χ3v) is 4.42. The minimum absolute atomic E-state index is 0.143. The van der Waals surface area contributed by atoms with E-state index in [0.717, 1.165) is 50.4 Å². The van der Waals surface area contributed by atoms with Crippen molar-refractivity contribution in [3.05, 3.63) is 23.6 Å². The minimum atomic E-state index is -0.143. The fraction of sp³-hybridized carbons (Fsp3) is 0.706. The standard InChI is InChI=1S/C17H28FN3/c1-3-9-19-13-15-7-10-20-17(16(15)18)21-11-5-6-14(4-2)8-12-21/h7,10,14,19H,3-6,8-9,11-13H2,1-2H3. The van der Waals surface area contributed by atoms with Gasteiger partial charge in [-0.3, -0.25) is 0 Å². The van der Waals surface area contributed by atoms with Crippen LogP contribution in [0.2, 0.25) is 0 Å². The molecule has 1 aromatic heterocycles. The Balaban J connectivity index is 2.06. The molecule has 118 valence electrons. The van der Waals surface area contributed by atoms with Gasteiger partial charge in [-0.1, -0.05) is 20.3 Å². The highest BCUT2D eigenvalue weighted by Crippen LogP contribution is 2.26. The predicted molar refractivity (Wildman–Crippen MR) is 86.0 cm³/mol. The molecule has 0 bridgehead atoms. The molecule has 1 atom stereocenters. The molecule has 3 nitrogen and oxygen atoms in total. The molecule has 0 aromatic carbocycles. The van der Waals surface area contributed by atoms with Gasteiger partial charge in [-0.2, -0.15) is 0 Å². The van der Waals surface area contributed by atoms with Crippen LogP contribution in [-0.2, 0) is 6.54 Å². The topological polar surface area (TPSA) is 28.2 Å². The molecule has 4 heteroatoms. The molecule has 0 aliphatic carbocycles. The van der Waals surface area contributed by atoms with Crippen molar-refractivity contribution in [2.24, 2.45) is 5.92 Å². The number of halogens is 1. The molecule has 1 aliphatic rings. The molecule has 0 amide bonds. The van der Waals surface area contributed by atoms with Gasteiger partial charge in [0.2, 0.25) is 0 Å². The molecule has 2 heterocycles. The Morgan fingerprint density at radius 1 is 1.33 bits per heavy atom. The van der Waals surface area contributed by atoms with E-state index in [4.69, 9.17) is 0 Å². The first-order valence-electron chi connectivity index (χ1n) is 8.35. The van der Waals surface area contributed by atoms with Gasteiger partial charge in [0.05, 0.1) is 0 Å². The summed E-state index contributed by atoms with van der Waals surface area (Å²) >= 11 is 0. The lowest BCUT2D eigenvalue weighted by Gasteiger charge is -2.23. The number of aromatic nitrogens is 1. The van der Waals surface area contributed by atoms with Gasteiger partial charge in [0.15, 0.2) is 11.6 Å². The van der Waals surface area contributed by atoms with Crippen LogP contribution in [0.3, 0.4) is 0 Å². The Kier molecular flexibility index (Phi) is 6.43. The van der Waals surface area contributed by atoms with E-state index in [0.29, 0.717) is 12.4 Å². The van der Waals surface area contributed by atoms with Gasteiger partial charge in [-0.15, -0.1) is 0 Å². The summed E-state index contributed by atoms with van der Waals surface area (Å²) in [5.74, 6) is 1.19. The van der Waals surface area contributed by atoms with Crippen molar-refractivity contribution < 1.29 is 4.39 Å². The molecule has 1 saturated heterocycles. The Labute approximate surface area is 127 Å². The first-order valence-corrected chi connectivity index (χ1v) is 8.35. The summed E-state index contributed by atoms with van der Waals surface area (Å²) in [6.45, 7) is 7.71. The van der Waals surface area contributed by atoms with Crippen molar-refractivity contribution in [1.82, 2.24) is 10.3 Å². The smallest absolute Gasteiger partial charge is 0.170 e. The molecule has 2 rings (SSSR count). The van der Waals surface area contributed by atoms with Crippen molar-refractivity contribution in [3.63, 3.8) is 0 Å². The quantitative estimate of drug-likeness (QED) is 0.810. The molecule has 0 radical (unpaired) electrons. The Morgan fingerprint density at radius 3 is 2.95 bits per heavy atom. The number of nitrogens with zero attached hydrogens (tertiary/aromatic N) is 2. The van der Waals surface area contributed by atoms with Crippen molar-refractivity contribution in [2.75, 3.05) is 24.5 Å². The molecule has 0 saturated carbocycles. The van der Waals surface area contributed by atoms with E-state index in [-0.39, 0.29) is 5.82 Å². The summed E-state index contributed by atoms with van der Waals surface area (Å²) in [5, 5.41) is 3.26. The third kappa shape index (κ3) is 4.40. The van der Waals surface area contributed by atoms with Crippen LogP contribution in [0, 0.1) is 11.7 Å². The van der Waals surface area contributed by atoms with Crippen molar-refractivity contribution in [3.8, 4) is 0 Å². The molecule has 1 fully saturated rings. The summed E-state index contributed by atoms with van der Waals surface area (Å²) in [7, 11) is 0. The van der Waals surface area contributed by atoms with Crippen LogP contribution in [-0.4, -0.2) is 24.6 Å². The highest BCUT2D eigenvalue weighted by molar-refractivity contribution is 5.43. The maximum atomic E-state index is 14.7. The van der Waals surface area contributed by atoms with Gasteiger partial charge in [0.25, 0.3) is 0 Å². The van der Waals surface area contributed by atoms with Crippen LogP contribution in [0.5, 0.6) is 0 Å². The summed E-state index contributed by atoms with van der Waals surface area (Å²) in [4.78, 5) is 6.44. The first-order chi connectivity index (χ1) is 10.3. The van der Waals surface area contributed by atoms with Gasteiger partial charge in [-0.05, 0) is 44.2 Å². The largest absolute Gasteiger partial charge is 0.354 e. The molecular formula is C17H28FN3.